The van der Waals surface area contributed by atoms with Gasteiger partial charge in [0, 0.05) is 11.3 Å². The number of fused-ring (bicyclic) bond motifs is 4. The first-order valence-corrected chi connectivity index (χ1v) is 8.57. The third kappa shape index (κ3) is 1.99. The number of hydrogen-bond acceptors (Lipinski definition) is 1. The van der Waals surface area contributed by atoms with Gasteiger partial charge in [-0.2, -0.15) is 0 Å². The minimum atomic E-state index is -0.179. The summed E-state index contributed by atoms with van der Waals surface area (Å²) >= 11 is 0. The molecule has 1 heterocycles. The molecule has 0 amide bonds. The normalized spacial score (nSPS) is 19.1. The van der Waals surface area contributed by atoms with Crippen molar-refractivity contribution in [3.63, 3.8) is 0 Å². The summed E-state index contributed by atoms with van der Waals surface area (Å²) < 4.78 is 13.3. The molecule has 1 atom stereocenters. The van der Waals surface area contributed by atoms with E-state index in [9.17, 15) is 4.39 Å². The molecule has 2 heteroatoms. The zero-order valence-corrected chi connectivity index (χ0v) is 13.4. The molecule has 2 aliphatic rings. The minimum Gasteiger partial charge on any atom is -0.374 e. The van der Waals surface area contributed by atoms with Crippen LogP contribution in [0.15, 0.2) is 66.2 Å². The summed E-state index contributed by atoms with van der Waals surface area (Å²) in [7, 11) is 0. The quantitative estimate of drug-likeness (QED) is 0.573. The van der Waals surface area contributed by atoms with Gasteiger partial charge in [-0.1, -0.05) is 42.5 Å². The first-order valence-electron chi connectivity index (χ1n) is 8.57. The molecule has 0 spiro atoms. The van der Waals surface area contributed by atoms with Gasteiger partial charge in [-0.05, 0) is 64.9 Å². The molecule has 1 nitrogen and oxygen atoms in total. The van der Waals surface area contributed by atoms with Gasteiger partial charge in [0.1, 0.15) is 5.82 Å². The SMILES string of the molecule is Fc1ccc([C@@H]2Nc3ccc4ccccc4c3C3=C2CCC3)cc1. The maximum absolute atomic E-state index is 13.3. The van der Waals surface area contributed by atoms with Gasteiger partial charge in [0.2, 0.25) is 0 Å². The van der Waals surface area contributed by atoms with Gasteiger partial charge in [0.25, 0.3) is 0 Å². The number of hydrogen-bond donors (Lipinski definition) is 1. The molecule has 0 fully saturated rings. The maximum Gasteiger partial charge on any atom is 0.123 e. The first-order chi connectivity index (χ1) is 11.8. The van der Waals surface area contributed by atoms with Crippen LogP contribution in [-0.4, -0.2) is 0 Å². The second-order valence-corrected chi connectivity index (χ2v) is 6.70. The van der Waals surface area contributed by atoms with E-state index in [1.165, 1.54) is 39.6 Å². The van der Waals surface area contributed by atoms with Crippen molar-refractivity contribution in [1.29, 1.82) is 0 Å². The van der Waals surface area contributed by atoms with E-state index in [1.54, 1.807) is 12.1 Å². The van der Waals surface area contributed by atoms with Crippen molar-refractivity contribution in [3.05, 3.63) is 83.2 Å². The fraction of sp³-hybridized carbons (Fsp3) is 0.182. The largest absolute Gasteiger partial charge is 0.374 e. The van der Waals surface area contributed by atoms with Crippen LogP contribution in [-0.2, 0) is 0 Å². The van der Waals surface area contributed by atoms with E-state index in [2.05, 4.69) is 41.7 Å². The van der Waals surface area contributed by atoms with Crippen LogP contribution in [0.1, 0.15) is 36.4 Å². The lowest BCUT2D eigenvalue weighted by molar-refractivity contribution is 0.626. The average molecular weight is 315 g/mol. The number of benzene rings is 3. The Labute approximate surface area is 140 Å². The Morgan fingerprint density at radius 1 is 0.875 bits per heavy atom. The lowest BCUT2D eigenvalue weighted by Crippen LogP contribution is -2.18. The van der Waals surface area contributed by atoms with Crippen LogP contribution < -0.4 is 5.32 Å². The molecule has 118 valence electrons. The van der Waals surface area contributed by atoms with E-state index in [0.29, 0.717) is 0 Å². The Kier molecular flexibility index (Phi) is 2.99. The predicted molar refractivity (Wildman–Crippen MR) is 97.5 cm³/mol. The van der Waals surface area contributed by atoms with Gasteiger partial charge in [-0.15, -0.1) is 0 Å². The van der Waals surface area contributed by atoms with Gasteiger partial charge in [-0.25, -0.2) is 4.39 Å². The Bertz CT molecular complexity index is 969. The van der Waals surface area contributed by atoms with Crippen LogP contribution in [0.5, 0.6) is 0 Å². The Balaban J connectivity index is 1.72. The predicted octanol–water partition coefficient (Wildman–Crippen LogP) is 6.08. The molecule has 0 aromatic heterocycles. The zero-order valence-electron chi connectivity index (χ0n) is 13.4. The number of rotatable bonds is 1. The Hall–Kier alpha value is -2.61. The van der Waals surface area contributed by atoms with Crippen LogP contribution in [0, 0.1) is 5.82 Å². The Morgan fingerprint density at radius 3 is 2.58 bits per heavy atom. The molecule has 5 rings (SSSR count). The van der Waals surface area contributed by atoms with Gasteiger partial charge < -0.3 is 5.32 Å². The molecule has 0 saturated heterocycles. The van der Waals surface area contributed by atoms with Crippen molar-refractivity contribution in [3.8, 4) is 0 Å². The van der Waals surface area contributed by atoms with E-state index in [4.69, 9.17) is 0 Å². The number of anilines is 1. The molecule has 1 N–H and O–H groups in total. The van der Waals surface area contributed by atoms with Crippen molar-refractivity contribution in [2.45, 2.75) is 25.3 Å². The van der Waals surface area contributed by atoms with Crippen LogP contribution >= 0.6 is 0 Å². The lowest BCUT2D eigenvalue weighted by atomic mass is 9.86. The summed E-state index contributed by atoms with van der Waals surface area (Å²) in [5.74, 6) is -0.179. The standard InChI is InChI=1S/C22H18FN/c23-16-11-8-15(9-12-16)22-19-7-3-6-18(19)21-17-5-2-1-4-14(17)10-13-20(21)24-22/h1-2,4-5,8-13,22,24H,3,6-7H2/t22-/m0/s1. The fourth-order valence-corrected chi connectivity index (χ4v) is 4.27. The molecule has 0 unspecified atom stereocenters. The molecule has 24 heavy (non-hydrogen) atoms. The second-order valence-electron chi connectivity index (χ2n) is 6.70. The third-order valence-electron chi connectivity index (χ3n) is 5.34. The van der Waals surface area contributed by atoms with Gasteiger partial charge in [0.15, 0.2) is 0 Å². The smallest absolute Gasteiger partial charge is 0.123 e. The molecule has 0 radical (unpaired) electrons. The van der Waals surface area contributed by atoms with Crippen LogP contribution in [0.2, 0.25) is 0 Å². The molecule has 3 aromatic rings. The van der Waals surface area contributed by atoms with E-state index in [0.717, 1.165) is 18.4 Å². The summed E-state index contributed by atoms with van der Waals surface area (Å²) in [5.41, 5.74) is 6.69. The average Bonchev–Trinajstić information content (AvgIpc) is 3.11. The lowest BCUT2D eigenvalue weighted by Gasteiger charge is -2.31. The topological polar surface area (TPSA) is 12.0 Å². The maximum atomic E-state index is 13.3. The van der Waals surface area contributed by atoms with Crippen LogP contribution in [0.3, 0.4) is 0 Å². The number of allylic oxidation sites excluding steroid dienone is 1. The summed E-state index contributed by atoms with van der Waals surface area (Å²) in [6.07, 6.45) is 3.45. The fourth-order valence-electron chi connectivity index (χ4n) is 4.27. The highest BCUT2D eigenvalue weighted by Crippen LogP contribution is 2.50. The van der Waals surface area contributed by atoms with Gasteiger partial charge in [-0.3, -0.25) is 0 Å². The highest BCUT2D eigenvalue weighted by Gasteiger charge is 2.31. The minimum absolute atomic E-state index is 0.164. The van der Waals surface area contributed by atoms with Crippen molar-refractivity contribution >= 4 is 22.0 Å². The molecule has 0 bridgehead atoms. The van der Waals surface area contributed by atoms with E-state index in [-0.39, 0.29) is 11.9 Å². The molecule has 1 aliphatic carbocycles. The number of halogens is 1. The molecule has 0 saturated carbocycles. The van der Waals surface area contributed by atoms with E-state index in [1.807, 2.05) is 12.1 Å². The van der Waals surface area contributed by atoms with Crippen molar-refractivity contribution < 1.29 is 4.39 Å². The number of nitrogens with one attached hydrogen (secondary N) is 1. The summed E-state index contributed by atoms with van der Waals surface area (Å²) in [5, 5.41) is 6.33. The van der Waals surface area contributed by atoms with Crippen molar-refractivity contribution in [2.24, 2.45) is 0 Å². The van der Waals surface area contributed by atoms with Crippen molar-refractivity contribution in [1.82, 2.24) is 0 Å². The monoisotopic (exact) mass is 315 g/mol. The third-order valence-corrected chi connectivity index (χ3v) is 5.34. The molecule has 1 aliphatic heterocycles. The van der Waals surface area contributed by atoms with Crippen LogP contribution in [0.25, 0.3) is 16.3 Å². The summed E-state index contributed by atoms with van der Waals surface area (Å²) in [6.45, 7) is 0. The first kappa shape index (κ1) is 13.8. The summed E-state index contributed by atoms with van der Waals surface area (Å²) in [6, 6.07) is 20.1. The Morgan fingerprint density at radius 2 is 1.71 bits per heavy atom. The van der Waals surface area contributed by atoms with E-state index < -0.39 is 0 Å². The van der Waals surface area contributed by atoms with Gasteiger partial charge >= 0.3 is 0 Å². The molecular formula is C22H18FN. The summed E-state index contributed by atoms with van der Waals surface area (Å²) in [4.78, 5) is 0. The molecule has 3 aromatic carbocycles. The van der Waals surface area contributed by atoms with Gasteiger partial charge in [0.05, 0.1) is 6.04 Å². The van der Waals surface area contributed by atoms with Crippen molar-refractivity contribution in [2.75, 3.05) is 5.32 Å². The second kappa shape index (κ2) is 5.20. The van der Waals surface area contributed by atoms with Crippen LogP contribution in [0.4, 0.5) is 10.1 Å². The highest BCUT2D eigenvalue weighted by molar-refractivity contribution is 6.01. The highest BCUT2D eigenvalue weighted by atomic mass is 19.1. The zero-order chi connectivity index (χ0) is 16.1. The molecular weight excluding hydrogens is 297 g/mol. The van der Waals surface area contributed by atoms with E-state index >= 15 is 0 Å².